The topological polar surface area (TPSA) is 61.7 Å². The Balaban J connectivity index is 2.36. The van der Waals surface area contributed by atoms with Gasteiger partial charge in [0.25, 0.3) is 0 Å². The molecule has 1 aromatic carbocycles. The van der Waals surface area contributed by atoms with Gasteiger partial charge < -0.3 is 20.3 Å². The molecule has 0 aliphatic rings. The SMILES string of the molecule is C=C(C)COCCNC(C)c1cc(O)cc(O)c1. The van der Waals surface area contributed by atoms with Gasteiger partial charge in [-0.2, -0.15) is 0 Å². The van der Waals surface area contributed by atoms with Crippen LogP contribution in [0.2, 0.25) is 0 Å². The summed E-state index contributed by atoms with van der Waals surface area (Å²) < 4.78 is 5.37. The molecule has 0 aliphatic carbocycles. The first-order chi connectivity index (χ1) is 8.49. The van der Waals surface area contributed by atoms with Crippen LogP contribution in [-0.2, 0) is 4.74 Å². The molecule has 1 atom stereocenters. The molecule has 4 heteroatoms. The van der Waals surface area contributed by atoms with Gasteiger partial charge >= 0.3 is 0 Å². The van der Waals surface area contributed by atoms with Crippen molar-refractivity contribution in [2.24, 2.45) is 0 Å². The molecule has 0 spiro atoms. The lowest BCUT2D eigenvalue weighted by atomic mass is 10.1. The molecule has 1 aromatic rings. The second-order valence-corrected chi connectivity index (χ2v) is 4.47. The quantitative estimate of drug-likeness (QED) is 0.514. The van der Waals surface area contributed by atoms with Crippen LogP contribution >= 0.6 is 0 Å². The van der Waals surface area contributed by atoms with E-state index in [-0.39, 0.29) is 17.5 Å². The molecule has 4 nitrogen and oxygen atoms in total. The molecule has 100 valence electrons. The Morgan fingerprint density at radius 3 is 2.50 bits per heavy atom. The summed E-state index contributed by atoms with van der Waals surface area (Å²) in [6.45, 7) is 9.51. The van der Waals surface area contributed by atoms with Crippen molar-refractivity contribution in [1.29, 1.82) is 0 Å². The van der Waals surface area contributed by atoms with Crippen LogP contribution in [0.15, 0.2) is 30.4 Å². The zero-order valence-corrected chi connectivity index (χ0v) is 10.9. The fourth-order valence-corrected chi connectivity index (χ4v) is 1.58. The van der Waals surface area contributed by atoms with Crippen LogP contribution in [0.3, 0.4) is 0 Å². The van der Waals surface area contributed by atoms with Gasteiger partial charge in [0, 0.05) is 18.7 Å². The van der Waals surface area contributed by atoms with E-state index in [1.54, 1.807) is 12.1 Å². The average Bonchev–Trinajstić information content (AvgIpc) is 2.26. The van der Waals surface area contributed by atoms with Crippen LogP contribution in [0.4, 0.5) is 0 Å². The molecule has 0 saturated carbocycles. The molecule has 3 N–H and O–H groups in total. The summed E-state index contributed by atoms with van der Waals surface area (Å²) in [5.74, 6) is 0.134. The molecule has 0 aromatic heterocycles. The van der Waals surface area contributed by atoms with Crippen LogP contribution in [0.1, 0.15) is 25.5 Å². The van der Waals surface area contributed by atoms with Crippen molar-refractivity contribution in [3.8, 4) is 11.5 Å². The number of aromatic hydroxyl groups is 2. The van der Waals surface area contributed by atoms with E-state index in [0.29, 0.717) is 19.8 Å². The van der Waals surface area contributed by atoms with Crippen LogP contribution in [0.25, 0.3) is 0 Å². The largest absolute Gasteiger partial charge is 0.508 e. The maximum Gasteiger partial charge on any atom is 0.119 e. The third kappa shape index (κ3) is 5.21. The number of benzene rings is 1. The summed E-state index contributed by atoms with van der Waals surface area (Å²) in [7, 11) is 0. The molecule has 18 heavy (non-hydrogen) atoms. The first-order valence-electron chi connectivity index (χ1n) is 5.97. The first kappa shape index (κ1) is 14.5. The van der Waals surface area contributed by atoms with E-state index < -0.39 is 0 Å². The average molecular weight is 251 g/mol. The van der Waals surface area contributed by atoms with E-state index in [4.69, 9.17) is 4.74 Å². The van der Waals surface area contributed by atoms with Crippen molar-refractivity contribution in [3.05, 3.63) is 35.9 Å². The number of rotatable bonds is 7. The number of hydrogen-bond acceptors (Lipinski definition) is 4. The van der Waals surface area contributed by atoms with Gasteiger partial charge in [0.1, 0.15) is 11.5 Å². The van der Waals surface area contributed by atoms with E-state index in [1.165, 1.54) is 6.07 Å². The highest BCUT2D eigenvalue weighted by Gasteiger charge is 2.07. The summed E-state index contributed by atoms with van der Waals surface area (Å²) >= 11 is 0. The van der Waals surface area contributed by atoms with E-state index in [2.05, 4.69) is 11.9 Å². The molecular weight excluding hydrogens is 230 g/mol. The predicted molar refractivity (Wildman–Crippen MR) is 71.8 cm³/mol. The number of ether oxygens (including phenoxy) is 1. The summed E-state index contributed by atoms with van der Waals surface area (Å²) in [5, 5.41) is 22.0. The predicted octanol–water partition coefficient (Wildman–Crippen LogP) is 2.34. The van der Waals surface area contributed by atoms with E-state index >= 15 is 0 Å². The molecule has 0 fully saturated rings. The van der Waals surface area contributed by atoms with Crippen molar-refractivity contribution >= 4 is 0 Å². The summed E-state index contributed by atoms with van der Waals surface area (Å²) in [5.41, 5.74) is 1.84. The molecular formula is C14H21NO3. The van der Waals surface area contributed by atoms with E-state index in [9.17, 15) is 10.2 Å². The highest BCUT2D eigenvalue weighted by atomic mass is 16.5. The van der Waals surface area contributed by atoms with Gasteiger partial charge in [-0.05, 0) is 31.5 Å². The lowest BCUT2D eigenvalue weighted by Gasteiger charge is -2.15. The minimum Gasteiger partial charge on any atom is -0.508 e. The number of hydrogen-bond donors (Lipinski definition) is 3. The van der Waals surface area contributed by atoms with Crippen molar-refractivity contribution < 1.29 is 14.9 Å². The second kappa shape index (κ2) is 7.03. The van der Waals surface area contributed by atoms with Crippen LogP contribution in [0, 0.1) is 0 Å². The number of phenolic OH excluding ortho intramolecular Hbond substituents is 2. The van der Waals surface area contributed by atoms with Gasteiger partial charge in [0.2, 0.25) is 0 Å². The highest BCUT2D eigenvalue weighted by Crippen LogP contribution is 2.24. The Morgan fingerprint density at radius 1 is 1.33 bits per heavy atom. The Kier molecular flexibility index (Phi) is 5.68. The second-order valence-electron chi connectivity index (χ2n) is 4.47. The van der Waals surface area contributed by atoms with Crippen molar-refractivity contribution in [3.63, 3.8) is 0 Å². The van der Waals surface area contributed by atoms with E-state index in [1.807, 2.05) is 13.8 Å². The van der Waals surface area contributed by atoms with Crippen molar-refractivity contribution in [2.75, 3.05) is 19.8 Å². The molecule has 0 amide bonds. The minimum absolute atomic E-state index is 0.0384. The van der Waals surface area contributed by atoms with Gasteiger partial charge in [-0.3, -0.25) is 0 Å². The van der Waals surface area contributed by atoms with Crippen LogP contribution in [0.5, 0.6) is 11.5 Å². The van der Waals surface area contributed by atoms with Gasteiger partial charge in [0.05, 0.1) is 13.2 Å². The molecule has 0 bridgehead atoms. The Labute approximate surface area is 108 Å². The molecule has 0 heterocycles. The highest BCUT2D eigenvalue weighted by molar-refractivity contribution is 5.37. The third-order valence-electron chi connectivity index (χ3n) is 2.47. The lowest BCUT2D eigenvalue weighted by Crippen LogP contribution is -2.23. The van der Waals surface area contributed by atoms with Crippen LogP contribution in [-0.4, -0.2) is 30.0 Å². The van der Waals surface area contributed by atoms with Gasteiger partial charge in [-0.1, -0.05) is 12.2 Å². The standard InChI is InChI=1S/C14H21NO3/c1-10(2)9-18-5-4-15-11(3)12-6-13(16)8-14(17)7-12/h6-8,11,15-17H,1,4-5,9H2,2-3H3. The summed E-state index contributed by atoms with van der Waals surface area (Å²) in [6, 6.07) is 4.61. The Bertz CT molecular complexity index is 384. The fraction of sp³-hybridized carbons (Fsp3) is 0.429. The number of phenols is 2. The smallest absolute Gasteiger partial charge is 0.119 e. The summed E-state index contributed by atoms with van der Waals surface area (Å²) in [6.07, 6.45) is 0. The molecule has 0 saturated heterocycles. The molecule has 0 aliphatic heterocycles. The molecule has 1 unspecified atom stereocenters. The Hall–Kier alpha value is -1.52. The first-order valence-corrected chi connectivity index (χ1v) is 5.97. The summed E-state index contributed by atoms with van der Waals surface area (Å²) in [4.78, 5) is 0. The van der Waals surface area contributed by atoms with E-state index in [0.717, 1.165) is 11.1 Å². The fourth-order valence-electron chi connectivity index (χ4n) is 1.58. The van der Waals surface area contributed by atoms with Gasteiger partial charge in [-0.15, -0.1) is 0 Å². The molecule has 1 rings (SSSR count). The maximum atomic E-state index is 9.39. The van der Waals surface area contributed by atoms with Crippen LogP contribution < -0.4 is 5.32 Å². The van der Waals surface area contributed by atoms with Crippen molar-refractivity contribution in [2.45, 2.75) is 19.9 Å². The zero-order valence-electron chi connectivity index (χ0n) is 10.9. The monoisotopic (exact) mass is 251 g/mol. The zero-order chi connectivity index (χ0) is 13.5. The normalized spacial score (nSPS) is 12.3. The van der Waals surface area contributed by atoms with Gasteiger partial charge in [-0.25, -0.2) is 0 Å². The Morgan fingerprint density at radius 2 is 1.94 bits per heavy atom. The lowest BCUT2D eigenvalue weighted by molar-refractivity contribution is 0.156. The minimum atomic E-state index is 0.0384. The molecule has 0 radical (unpaired) electrons. The third-order valence-corrected chi connectivity index (χ3v) is 2.47. The van der Waals surface area contributed by atoms with Crippen molar-refractivity contribution in [1.82, 2.24) is 5.32 Å². The number of nitrogens with one attached hydrogen (secondary N) is 1. The maximum absolute atomic E-state index is 9.39. The van der Waals surface area contributed by atoms with Gasteiger partial charge in [0.15, 0.2) is 0 Å².